The fourth-order valence-corrected chi connectivity index (χ4v) is 3.08. The van der Waals surface area contributed by atoms with Gasteiger partial charge in [-0.2, -0.15) is 0 Å². The van der Waals surface area contributed by atoms with Crippen molar-refractivity contribution >= 4 is 11.8 Å². The number of carbonyl (C=O) groups is 1. The average molecular weight is 325 g/mol. The maximum Gasteiger partial charge on any atom is 0.414 e. The molecule has 24 heavy (non-hydrogen) atoms. The minimum Gasteiger partial charge on any atom is -0.444 e. The first kappa shape index (κ1) is 16.5. The Hall–Kier alpha value is -2.33. The smallest absolute Gasteiger partial charge is 0.414 e. The summed E-state index contributed by atoms with van der Waals surface area (Å²) in [5, 5.41) is 8.96. The molecule has 1 amide bonds. The topological polar surface area (TPSA) is 49.8 Å². The molecule has 0 radical (unpaired) electrons. The molecular formula is C20H23NO3. The Bertz CT molecular complexity index is 685. The zero-order valence-corrected chi connectivity index (χ0v) is 13.8. The van der Waals surface area contributed by atoms with Crippen LogP contribution in [0.15, 0.2) is 48.5 Å². The maximum atomic E-state index is 12.5. The van der Waals surface area contributed by atoms with Gasteiger partial charge >= 0.3 is 6.09 Å². The van der Waals surface area contributed by atoms with Gasteiger partial charge in [0.05, 0.1) is 5.69 Å². The number of aliphatic hydroxyl groups is 1. The number of ether oxygens (including phenoxy) is 1. The normalized spacial score (nSPS) is 13.5. The van der Waals surface area contributed by atoms with E-state index < -0.39 is 0 Å². The van der Waals surface area contributed by atoms with Crippen LogP contribution < -0.4 is 4.90 Å². The second-order valence-electron chi connectivity index (χ2n) is 6.09. The van der Waals surface area contributed by atoms with Crippen molar-refractivity contribution < 1.29 is 14.6 Å². The quantitative estimate of drug-likeness (QED) is 0.912. The zero-order chi connectivity index (χ0) is 16.8. The van der Waals surface area contributed by atoms with Gasteiger partial charge in [-0.1, -0.05) is 42.5 Å². The first-order chi connectivity index (χ1) is 11.8. The van der Waals surface area contributed by atoms with Crippen molar-refractivity contribution in [1.82, 2.24) is 0 Å². The summed E-state index contributed by atoms with van der Waals surface area (Å²) in [7, 11) is 0. The zero-order valence-electron chi connectivity index (χ0n) is 13.8. The number of aryl methyl sites for hydroxylation is 2. The number of benzene rings is 2. The van der Waals surface area contributed by atoms with Crippen LogP contribution in [-0.4, -0.2) is 24.4 Å². The highest BCUT2D eigenvalue weighted by Crippen LogP contribution is 2.29. The molecule has 0 aliphatic carbocycles. The van der Waals surface area contributed by atoms with E-state index in [2.05, 4.69) is 6.07 Å². The van der Waals surface area contributed by atoms with Crippen molar-refractivity contribution in [3.05, 3.63) is 65.2 Å². The van der Waals surface area contributed by atoms with E-state index >= 15 is 0 Å². The van der Waals surface area contributed by atoms with Gasteiger partial charge in [-0.05, 0) is 48.4 Å². The summed E-state index contributed by atoms with van der Waals surface area (Å²) >= 11 is 0. The van der Waals surface area contributed by atoms with Crippen LogP contribution in [0.1, 0.15) is 29.5 Å². The van der Waals surface area contributed by atoms with E-state index in [1.807, 2.05) is 42.5 Å². The summed E-state index contributed by atoms with van der Waals surface area (Å²) in [5.41, 5.74) is 4.34. The Morgan fingerprint density at radius 2 is 1.96 bits per heavy atom. The first-order valence-electron chi connectivity index (χ1n) is 8.49. The summed E-state index contributed by atoms with van der Waals surface area (Å²) < 4.78 is 5.47. The van der Waals surface area contributed by atoms with Gasteiger partial charge in [0.2, 0.25) is 0 Å². The van der Waals surface area contributed by atoms with E-state index in [4.69, 9.17) is 9.84 Å². The lowest BCUT2D eigenvalue weighted by molar-refractivity contribution is 0.146. The number of hydrogen-bond acceptors (Lipinski definition) is 3. The number of nitrogens with zero attached hydrogens (tertiary/aromatic N) is 1. The molecule has 4 heteroatoms. The van der Waals surface area contributed by atoms with Crippen LogP contribution in [-0.2, 0) is 24.2 Å². The van der Waals surface area contributed by atoms with Gasteiger partial charge in [0.25, 0.3) is 0 Å². The van der Waals surface area contributed by atoms with Crippen LogP contribution in [0.2, 0.25) is 0 Å². The van der Waals surface area contributed by atoms with Gasteiger partial charge < -0.3 is 9.84 Å². The van der Waals surface area contributed by atoms with Crippen LogP contribution in [0.5, 0.6) is 0 Å². The number of aliphatic hydroxyl groups excluding tert-OH is 1. The number of hydrogen-bond donors (Lipinski definition) is 1. The molecule has 2 aromatic rings. The van der Waals surface area contributed by atoms with Gasteiger partial charge in [-0.15, -0.1) is 0 Å². The first-order valence-corrected chi connectivity index (χ1v) is 8.49. The Kier molecular flexibility index (Phi) is 5.49. The lowest BCUT2D eigenvalue weighted by atomic mass is 9.98. The summed E-state index contributed by atoms with van der Waals surface area (Å²) in [6, 6.07) is 15.9. The molecule has 0 saturated carbocycles. The minimum atomic E-state index is -0.289. The molecule has 0 aromatic heterocycles. The lowest BCUT2D eigenvalue weighted by Gasteiger charge is -2.29. The molecule has 3 rings (SSSR count). The molecule has 0 spiro atoms. The highest BCUT2D eigenvalue weighted by molar-refractivity contribution is 5.89. The third-order valence-electron chi connectivity index (χ3n) is 4.31. The van der Waals surface area contributed by atoms with Crippen LogP contribution in [0, 0.1) is 0 Å². The SMILES string of the molecule is O=C(OCc1ccccc1)N1CCCc2cc(CCCO)ccc21. The van der Waals surface area contributed by atoms with Crippen molar-refractivity contribution in [2.75, 3.05) is 18.1 Å². The van der Waals surface area contributed by atoms with Crippen molar-refractivity contribution in [2.24, 2.45) is 0 Å². The molecule has 0 fully saturated rings. The number of anilines is 1. The van der Waals surface area contributed by atoms with E-state index in [0.29, 0.717) is 13.2 Å². The predicted octanol–water partition coefficient (Wildman–Crippen LogP) is 3.70. The summed E-state index contributed by atoms with van der Waals surface area (Å²) in [6.07, 6.45) is 3.26. The lowest BCUT2D eigenvalue weighted by Crippen LogP contribution is -2.35. The summed E-state index contributed by atoms with van der Waals surface area (Å²) in [6.45, 7) is 1.19. The van der Waals surface area contributed by atoms with E-state index in [1.54, 1.807) is 4.90 Å². The number of fused-ring (bicyclic) bond motifs is 1. The molecule has 126 valence electrons. The van der Waals surface area contributed by atoms with Gasteiger partial charge in [0, 0.05) is 13.2 Å². The van der Waals surface area contributed by atoms with Crippen LogP contribution in [0.3, 0.4) is 0 Å². The maximum absolute atomic E-state index is 12.5. The molecule has 4 nitrogen and oxygen atoms in total. The molecule has 0 saturated heterocycles. The Balaban J connectivity index is 1.68. The van der Waals surface area contributed by atoms with E-state index in [-0.39, 0.29) is 12.7 Å². The van der Waals surface area contributed by atoms with Crippen LogP contribution >= 0.6 is 0 Å². The third kappa shape index (κ3) is 3.95. The van der Waals surface area contributed by atoms with Crippen molar-refractivity contribution in [2.45, 2.75) is 32.3 Å². The number of amides is 1. The molecule has 0 atom stereocenters. The monoisotopic (exact) mass is 325 g/mol. The van der Waals surface area contributed by atoms with Gasteiger partial charge in [-0.25, -0.2) is 4.79 Å². The Labute approximate surface area is 142 Å². The molecule has 1 N–H and O–H groups in total. The highest BCUT2D eigenvalue weighted by Gasteiger charge is 2.23. The average Bonchev–Trinajstić information content (AvgIpc) is 2.64. The molecule has 1 heterocycles. The molecule has 0 bridgehead atoms. The number of carbonyl (C=O) groups excluding carboxylic acids is 1. The van der Waals surface area contributed by atoms with Crippen molar-refractivity contribution in [3.63, 3.8) is 0 Å². The highest BCUT2D eigenvalue weighted by atomic mass is 16.6. The summed E-state index contributed by atoms with van der Waals surface area (Å²) in [4.78, 5) is 14.2. The van der Waals surface area contributed by atoms with Gasteiger partial charge in [0.15, 0.2) is 0 Å². The predicted molar refractivity (Wildman–Crippen MR) is 94.1 cm³/mol. The van der Waals surface area contributed by atoms with E-state index in [0.717, 1.165) is 36.9 Å². The molecule has 0 unspecified atom stereocenters. The van der Waals surface area contributed by atoms with E-state index in [1.165, 1.54) is 11.1 Å². The fraction of sp³-hybridized carbons (Fsp3) is 0.350. The largest absolute Gasteiger partial charge is 0.444 e. The van der Waals surface area contributed by atoms with Crippen molar-refractivity contribution in [3.8, 4) is 0 Å². The Morgan fingerprint density at radius 1 is 1.12 bits per heavy atom. The van der Waals surface area contributed by atoms with E-state index in [9.17, 15) is 4.79 Å². The van der Waals surface area contributed by atoms with Crippen LogP contribution in [0.4, 0.5) is 10.5 Å². The van der Waals surface area contributed by atoms with Gasteiger partial charge in [0.1, 0.15) is 6.61 Å². The third-order valence-corrected chi connectivity index (χ3v) is 4.31. The summed E-state index contributed by atoms with van der Waals surface area (Å²) in [5.74, 6) is 0. The molecule has 2 aromatic carbocycles. The minimum absolute atomic E-state index is 0.203. The molecule has 1 aliphatic heterocycles. The number of rotatable bonds is 5. The molecule has 1 aliphatic rings. The second kappa shape index (κ2) is 7.97. The van der Waals surface area contributed by atoms with Crippen molar-refractivity contribution in [1.29, 1.82) is 0 Å². The fourth-order valence-electron chi connectivity index (χ4n) is 3.08. The van der Waals surface area contributed by atoms with Crippen LogP contribution in [0.25, 0.3) is 0 Å². The van der Waals surface area contributed by atoms with Gasteiger partial charge in [-0.3, -0.25) is 4.90 Å². The molecular weight excluding hydrogens is 302 g/mol. The Morgan fingerprint density at radius 3 is 2.75 bits per heavy atom. The standard InChI is InChI=1S/C20H23NO3/c22-13-5-8-16-10-11-19-18(14-16)9-4-12-21(19)20(23)24-15-17-6-2-1-3-7-17/h1-3,6-7,10-11,14,22H,4-5,8-9,12-13,15H2. The second-order valence-corrected chi connectivity index (χ2v) is 6.09.